The van der Waals surface area contributed by atoms with Crippen LogP contribution in [0.2, 0.25) is 0 Å². The van der Waals surface area contributed by atoms with E-state index < -0.39 is 0 Å². The van der Waals surface area contributed by atoms with Gasteiger partial charge >= 0.3 is 0 Å². The molecule has 2 fully saturated rings. The van der Waals surface area contributed by atoms with Crippen LogP contribution in [-0.4, -0.2) is 39.6 Å². The molecule has 2 aliphatic rings. The SMILES string of the molecule is C=CC(=O)N1CCC(Cc2cnc3[nH]cc(C(=O)C4CC4)c3c2)CC1. The molecule has 3 heterocycles. The minimum Gasteiger partial charge on any atom is -0.345 e. The molecular formula is C20H23N3O2. The minimum absolute atomic E-state index is 0.0251. The highest BCUT2D eigenvalue weighted by molar-refractivity contribution is 6.09. The Bertz CT molecular complexity index is 827. The Morgan fingerprint density at radius 3 is 2.72 bits per heavy atom. The highest BCUT2D eigenvalue weighted by Crippen LogP contribution is 2.34. The smallest absolute Gasteiger partial charge is 0.245 e. The molecule has 5 heteroatoms. The summed E-state index contributed by atoms with van der Waals surface area (Å²) in [6.07, 6.45) is 10.1. The van der Waals surface area contributed by atoms with E-state index in [9.17, 15) is 9.59 Å². The lowest BCUT2D eigenvalue weighted by molar-refractivity contribution is -0.127. The number of nitrogens with one attached hydrogen (secondary N) is 1. The van der Waals surface area contributed by atoms with Crippen LogP contribution in [0.4, 0.5) is 0 Å². The van der Waals surface area contributed by atoms with Crippen molar-refractivity contribution in [1.29, 1.82) is 0 Å². The predicted octanol–water partition coefficient (Wildman–Crippen LogP) is 3.12. The van der Waals surface area contributed by atoms with Gasteiger partial charge in [0.2, 0.25) is 5.91 Å². The Labute approximate surface area is 147 Å². The number of H-pyrrole nitrogens is 1. The number of carbonyl (C=O) groups excluding carboxylic acids is 2. The van der Waals surface area contributed by atoms with E-state index in [1.54, 1.807) is 0 Å². The maximum Gasteiger partial charge on any atom is 0.245 e. The second kappa shape index (κ2) is 6.47. The zero-order chi connectivity index (χ0) is 17.4. The first-order valence-corrected chi connectivity index (χ1v) is 9.07. The van der Waals surface area contributed by atoms with Crippen molar-refractivity contribution in [1.82, 2.24) is 14.9 Å². The first-order valence-electron chi connectivity index (χ1n) is 9.07. The summed E-state index contributed by atoms with van der Waals surface area (Å²) in [6.45, 7) is 5.14. The standard InChI is InChI=1S/C20H23N3O2/c1-2-18(24)23-7-5-13(6-8-23)9-14-10-16-17(19(25)15-3-4-15)12-22-20(16)21-11-14/h2,10-13,15H,1,3-9H2,(H,21,22). The summed E-state index contributed by atoms with van der Waals surface area (Å²) in [5.41, 5.74) is 2.75. The van der Waals surface area contributed by atoms with E-state index >= 15 is 0 Å². The van der Waals surface area contributed by atoms with Crippen molar-refractivity contribution in [2.24, 2.45) is 11.8 Å². The van der Waals surface area contributed by atoms with Gasteiger partial charge in [-0.05, 0) is 55.7 Å². The Kier molecular flexibility index (Phi) is 4.15. The van der Waals surface area contributed by atoms with Gasteiger partial charge in [0.15, 0.2) is 5.78 Å². The normalized spacial score (nSPS) is 18.5. The second-order valence-electron chi connectivity index (χ2n) is 7.26. The molecule has 25 heavy (non-hydrogen) atoms. The fourth-order valence-corrected chi connectivity index (χ4v) is 3.75. The molecule has 2 aromatic heterocycles. The van der Waals surface area contributed by atoms with E-state index in [4.69, 9.17) is 0 Å². The summed E-state index contributed by atoms with van der Waals surface area (Å²) in [4.78, 5) is 33.6. The molecule has 5 nitrogen and oxygen atoms in total. The molecule has 0 bridgehead atoms. The molecule has 0 unspecified atom stereocenters. The van der Waals surface area contributed by atoms with E-state index in [1.807, 2.05) is 17.3 Å². The van der Waals surface area contributed by atoms with Crippen LogP contribution >= 0.6 is 0 Å². The molecule has 1 amide bonds. The summed E-state index contributed by atoms with van der Waals surface area (Å²) < 4.78 is 0. The lowest BCUT2D eigenvalue weighted by Gasteiger charge is -2.31. The lowest BCUT2D eigenvalue weighted by atomic mass is 9.90. The molecule has 0 aromatic carbocycles. The van der Waals surface area contributed by atoms with Crippen molar-refractivity contribution in [3.05, 3.63) is 42.2 Å². The van der Waals surface area contributed by atoms with Crippen molar-refractivity contribution in [3.63, 3.8) is 0 Å². The lowest BCUT2D eigenvalue weighted by Crippen LogP contribution is -2.37. The number of ketones is 1. The Morgan fingerprint density at radius 2 is 2.04 bits per heavy atom. The van der Waals surface area contributed by atoms with Crippen molar-refractivity contribution < 1.29 is 9.59 Å². The number of nitrogens with zero attached hydrogens (tertiary/aromatic N) is 2. The third-order valence-electron chi connectivity index (χ3n) is 5.43. The second-order valence-corrected chi connectivity index (χ2v) is 7.26. The van der Waals surface area contributed by atoms with Crippen molar-refractivity contribution in [2.75, 3.05) is 13.1 Å². The number of aromatic nitrogens is 2. The van der Waals surface area contributed by atoms with Gasteiger partial charge in [-0.2, -0.15) is 0 Å². The molecule has 130 valence electrons. The van der Waals surface area contributed by atoms with Gasteiger partial charge in [-0.3, -0.25) is 9.59 Å². The Hall–Kier alpha value is -2.43. The van der Waals surface area contributed by atoms with E-state index in [0.717, 1.165) is 61.8 Å². The van der Waals surface area contributed by atoms with Crippen molar-refractivity contribution in [3.8, 4) is 0 Å². The number of piperidine rings is 1. The van der Waals surface area contributed by atoms with Gasteiger partial charge in [-0.1, -0.05) is 6.58 Å². The topological polar surface area (TPSA) is 66.1 Å². The average molecular weight is 337 g/mol. The number of carbonyl (C=O) groups is 2. The van der Waals surface area contributed by atoms with E-state index in [1.165, 1.54) is 11.6 Å². The Balaban J connectivity index is 1.47. The van der Waals surface area contributed by atoms with Crippen LogP contribution in [-0.2, 0) is 11.2 Å². The van der Waals surface area contributed by atoms with Gasteiger partial charge in [0.1, 0.15) is 5.65 Å². The molecule has 1 aliphatic heterocycles. The van der Waals surface area contributed by atoms with Crippen molar-refractivity contribution in [2.45, 2.75) is 32.1 Å². The van der Waals surface area contributed by atoms with Gasteiger partial charge in [-0.15, -0.1) is 0 Å². The molecule has 4 rings (SSSR count). The number of likely N-dealkylation sites (tertiary alicyclic amines) is 1. The zero-order valence-electron chi connectivity index (χ0n) is 14.3. The fourth-order valence-electron chi connectivity index (χ4n) is 3.75. The van der Waals surface area contributed by atoms with E-state index in [2.05, 4.69) is 22.6 Å². The van der Waals surface area contributed by atoms with Gasteiger partial charge in [-0.25, -0.2) is 4.98 Å². The number of hydrogen-bond donors (Lipinski definition) is 1. The van der Waals surface area contributed by atoms with Gasteiger partial charge in [0.25, 0.3) is 0 Å². The van der Waals surface area contributed by atoms with Crippen LogP contribution in [0.25, 0.3) is 11.0 Å². The first-order chi connectivity index (χ1) is 12.2. The number of pyridine rings is 1. The Morgan fingerprint density at radius 1 is 1.28 bits per heavy atom. The number of Topliss-reactive ketones (excluding diaryl/α,β-unsaturated/α-hetero) is 1. The molecule has 1 saturated carbocycles. The van der Waals surface area contributed by atoms with Crippen molar-refractivity contribution >= 4 is 22.7 Å². The van der Waals surface area contributed by atoms with Crippen LogP contribution in [0.15, 0.2) is 31.1 Å². The van der Waals surface area contributed by atoms with Crippen LogP contribution in [0.1, 0.15) is 41.6 Å². The molecule has 0 radical (unpaired) electrons. The molecule has 1 saturated heterocycles. The molecule has 1 N–H and O–H groups in total. The van der Waals surface area contributed by atoms with Gasteiger partial charge < -0.3 is 9.88 Å². The number of hydrogen-bond acceptors (Lipinski definition) is 3. The van der Waals surface area contributed by atoms with Crippen LogP contribution in [0.3, 0.4) is 0 Å². The monoisotopic (exact) mass is 337 g/mol. The number of amides is 1. The summed E-state index contributed by atoms with van der Waals surface area (Å²) in [6, 6.07) is 2.12. The van der Waals surface area contributed by atoms with E-state index in [-0.39, 0.29) is 17.6 Å². The molecule has 0 spiro atoms. The van der Waals surface area contributed by atoms with Gasteiger partial charge in [0, 0.05) is 42.4 Å². The summed E-state index contributed by atoms with van der Waals surface area (Å²) in [7, 11) is 0. The largest absolute Gasteiger partial charge is 0.345 e. The molecule has 2 aromatic rings. The molecule has 0 atom stereocenters. The van der Waals surface area contributed by atoms with Crippen LogP contribution in [0, 0.1) is 11.8 Å². The summed E-state index contributed by atoms with van der Waals surface area (Å²) in [5, 5.41) is 0.952. The number of rotatable bonds is 5. The summed E-state index contributed by atoms with van der Waals surface area (Å²) in [5.74, 6) is 1.04. The van der Waals surface area contributed by atoms with Crippen LogP contribution in [0.5, 0.6) is 0 Å². The third kappa shape index (κ3) is 3.23. The number of aromatic amines is 1. The third-order valence-corrected chi connectivity index (χ3v) is 5.43. The maximum atomic E-state index is 12.4. The highest BCUT2D eigenvalue weighted by atomic mass is 16.2. The maximum absolute atomic E-state index is 12.4. The summed E-state index contributed by atoms with van der Waals surface area (Å²) >= 11 is 0. The van der Waals surface area contributed by atoms with Gasteiger partial charge in [0.05, 0.1) is 0 Å². The zero-order valence-corrected chi connectivity index (χ0v) is 14.3. The molecule has 1 aliphatic carbocycles. The quantitative estimate of drug-likeness (QED) is 0.673. The molecular weight excluding hydrogens is 314 g/mol. The van der Waals surface area contributed by atoms with Crippen LogP contribution < -0.4 is 0 Å². The highest BCUT2D eigenvalue weighted by Gasteiger charge is 2.32. The minimum atomic E-state index is 0.0251. The fraction of sp³-hybridized carbons (Fsp3) is 0.450. The van der Waals surface area contributed by atoms with E-state index in [0.29, 0.717) is 5.92 Å². The number of fused-ring (bicyclic) bond motifs is 1. The first kappa shape index (κ1) is 16.1. The average Bonchev–Trinajstić information content (AvgIpc) is 3.41. The predicted molar refractivity (Wildman–Crippen MR) is 96.4 cm³/mol.